The third-order valence-corrected chi connectivity index (χ3v) is 3.07. The van der Waals surface area contributed by atoms with E-state index in [0.29, 0.717) is 0 Å². The largest absolute Gasteiger partial charge is 0.333 e. The van der Waals surface area contributed by atoms with Crippen molar-refractivity contribution in [2.45, 2.75) is 19.9 Å². The van der Waals surface area contributed by atoms with Gasteiger partial charge in [0.25, 0.3) is 0 Å². The molecule has 0 bridgehead atoms. The van der Waals surface area contributed by atoms with Gasteiger partial charge < -0.3 is 10.2 Å². The molecule has 1 unspecified atom stereocenters. The fraction of sp³-hybridized carbons (Fsp3) is 0.462. The summed E-state index contributed by atoms with van der Waals surface area (Å²) in [5.41, 5.74) is 2.47. The maximum Gasteiger partial charge on any atom is 0.220 e. The molecule has 1 aliphatic rings. The van der Waals surface area contributed by atoms with Crippen LogP contribution in [-0.4, -0.2) is 30.4 Å². The van der Waals surface area contributed by atoms with Crippen LogP contribution in [0.2, 0.25) is 0 Å². The molecule has 3 nitrogen and oxygen atoms in total. The van der Waals surface area contributed by atoms with E-state index in [-0.39, 0.29) is 11.9 Å². The van der Waals surface area contributed by atoms with E-state index in [1.807, 2.05) is 4.90 Å². The first-order valence-corrected chi connectivity index (χ1v) is 5.73. The number of amides is 1. The van der Waals surface area contributed by atoms with Crippen LogP contribution >= 0.6 is 0 Å². The Kier molecular flexibility index (Phi) is 3.25. The predicted molar refractivity (Wildman–Crippen MR) is 64.2 cm³/mol. The standard InChI is InChI=1S/C13H18N2O/c1-10-4-3-5-12(8-10)13-9-14-6-7-15(13)11(2)16/h3-5,8,13-14H,6-7,9H2,1-2H3. The highest BCUT2D eigenvalue weighted by Gasteiger charge is 2.25. The Hall–Kier alpha value is -1.35. The van der Waals surface area contributed by atoms with Crippen LogP contribution < -0.4 is 5.32 Å². The zero-order valence-corrected chi connectivity index (χ0v) is 9.86. The van der Waals surface area contributed by atoms with Gasteiger partial charge in [0.15, 0.2) is 0 Å². The molecule has 0 radical (unpaired) electrons. The number of hydrogen-bond acceptors (Lipinski definition) is 2. The van der Waals surface area contributed by atoms with Crippen molar-refractivity contribution >= 4 is 5.91 Å². The van der Waals surface area contributed by atoms with Crippen molar-refractivity contribution in [1.29, 1.82) is 0 Å². The molecular formula is C13H18N2O. The molecule has 0 saturated carbocycles. The number of benzene rings is 1. The highest BCUT2D eigenvalue weighted by Crippen LogP contribution is 2.22. The summed E-state index contributed by atoms with van der Waals surface area (Å²) >= 11 is 0. The van der Waals surface area contributed by atoms with Crippen LogP contribution in [0, 0.1) is 6.92 Å². The molecule has 0 spiro atoms. The summed E-state index contributed by atoms with van der Waals surface area (Å²) in [5.74, 6) is 0.160. The van der Waals surface area contributed by atoms with Gasteiger partial charge in [0, 0.05) is 26.6 Å². The minimum absolute atomic E-state index is 0.160. The van der Waals surface area contributed by atoms with Crippen LogP contribution in [0.5, 0.6) is 0 Å². The second-order valence-corrected chi connectivity index (χ2v) is 4.35. The summed E-state index contributed by atoms with van der Waals surface area (Å²) in [6.45, 7) is 6.27. The van der Waals surface area contributed by atoms with E-state index >= 15 is 0 Å². The Morgan fingerprint density at radius 1 is 1.50 bits per heavy atom. The van der Waals surface area contributed by atoms with Crippen molar-refractivity contribution in [3.63, 3.8) is 0 Å². The molecule has 1 atom stereocenters. The van der Waals surface area contributed by atoms with Crippen molar-refractivity contribution in [1.82, 2.24) is 10.2 Å². The second kappa shape index (κ2) is 4.66. The first kappa shape index (κ1) is 11.1. The smallest absolute Gasteiger partial charge is 0.220 e. The summed E-state index contributed by atoms with van der Waals surface area (Å²) in [6.07, 6.45) is 0. The van der Waals surface area contributed by atoms with Crippen molar-refractivity contribution in [3.8, 4) is 0 Å². The third kappa shape index (κ3) is 2.25. The molecule has 1 heterocycles. The average molecular weight is 218 g/mol. The number of piperazine rings is 1. The van der Waals surface area contributed by atoms with Gasteiger partial charge in [0.1, 0.15) is 0 Å². The molecule has 1 fully saturated rings. The normalized spacial score (nSPS) is 20.9. The van der Waals surface area contributed by atoms with Gasteiger partial charge in [-0.2, -0.15) is 0 Å². The Morgan fingerprint density at radius 3 is 3.00 bits per heavy atom. The van der Waals surface area contributed by atoms with Crippen LogP contribution in [0.4, 0.5) is 0 Å². The van der Waals surface area contributed by atoms with Crippen molar-refractivity contribution in [2.24, 2.45) is 0 Å². The lowest BCUT2D eigenvalue weighted by Crippen LogP contribution is -2.47. The minimum Gasteiger partial charge on any atom is -0.333 e. The maximum atomic E-state index is 11.6. The predicted octanol–water partition coefficient (Wildman–Crippen LogP) is 1.49. The fourth-order valence-electron chi connectivity index (χ4n) is 2.26. The molecule has 1 amide bonds. The lowest BCUT2D eigenvalue weighted by molar-refractivity contribution is -0.132. The lowest BCUT2D eigenvalue weighted by atomic mass is 10.0. The van der Waals surface area contributed by atoms with E-state index in [2.05, 4.69) is 36.5 Å². The fourth-order valence-corrected chi connectivity index (χ4v) is 2.26. The van der Waals surface area contributed by atoms with E-state index in [0.717, 1.165) is 19.6 Å². The van der Waals surface area contributed by atoms with Crippen molar-refractivity contribution in [3.05, 3.63) is 35.4 Å². The third-order valence-electron chi connectivity index (χ3n) is 3.07. The first-order valence-electron chi connectivity index (χ1n) is 5.73. The quantitative estimate of drug-likeness (QED) is 0.774. The molecule has 2 rings (SSSR count). The molecular weight excluding hydrogens is 200 g/mol. The minimum atomic E-state index is 0.160. The Bertz CT molecular complexity index is 389. The first-order chi connectivity index (χ1) is 7.68. The molecule has 1 saturated heterocycles. The van der Waals surface area contributed by atoms with Gasteiger partial charge in [-0.05, 0) is 12.5 Å². The number of nitrogens with one attached hydrogen (secondary N) is 1. The van der Waals surface area contributed by atoms with Crippen molar-refractivity contribution < 1.29 is 4.79 Å². The van der Waals surface area contributed by atoms with Crippen LogP contribution in [-0.2, 0) is 4.79 Å². The van der Waals surface area contributed by atoms with Crippen molar-refractivity contribution in [2.75, 3.05) is 19.6 Å². The Balaban J connectivity index is 2.26. The number of aryl methyl sites for hydroxylation is 1. The van der Waals surface area contributed by atoms with Gasteiger partial charge in [0.05, 0.1) is 6.04 Å². The molecule has 1 aromatic rings. The Labute approximate surface area is 96.5 Å². The number of hydrogen-bond donors (Lipinski definition) is 1. The SMILES string of the molecule is CC(=O)N1CCNCC1c1cccc(C)c1. The monoisotopic (exact) mass is 218 g/mol. The molecule has 16 heavy (non-hydrogen) atoms. The van der Waals surface area contributed by atoms with Gasteiger partial charge in [-0.3, -0.25) is 4.79 Å². The van der Waals surface area contributed by atoms with E-state index in [9.17, 15) is 4.79 Å². The number of nitrogens with zero attached hydrogens (tertiary/aromatic N) is 1. The summed E-state index contributed by atoms with van der Waals surface area (Å²) in [4.78, 5) is 13.5. The van der Waals surface area contributed by atoms with Crippen LogP contribution in [0.1, 0.15) is 24.1 Å². The van der Waals surface area contributed by atoms with Crippen LogP contribution in [0.15, 0.2) is 24.3 Å². The summed E-state index contributed by atoms with van der Waals surface area (Å²) in [5, 5.41) is 3.34. The van der Waals surface area contributed by atoms with Crippen LogP contribution in [0.25, 0.3) is 0 Å². The lowest BCUT2D eigenvalue weighted by Gasteiger charge is -2.36. The topological polar surface area (TPSA) is 32.3 Å². The summed E-state index contributed by atoms with van der Waals surface area (Å²) < 4.78 is 0. The maximum absolute atomic E-state index is 11.6. The van der Waals surface area contributed by atoms with E-state index in [1.165, 1.54) is 11.1 Å². The van der Waals surface area contributed by atoms with Gasteiger partial charge in [-0.1, -0.05) is 29.8 Å². The number of carbonyl (C=O) groups excluding carboxylic acids is 1. The summed E-state index contributed by atoms with van der Waals surface area (Å²) in [7, 11) is 0. The Morgan fingerprint density at radius 2 is 2.31 bits per heavy atom. The van der Waals surface area contributed by atoms with E-state index < -0.39 is 0 Å². The molecule has 1 N–H and O–H groups in total. The van der Waals surface area contributed by atoms with Gasteiger partial charge in [0.2, 0.25) is 5.91 Å². The number of rotatable bonds is 1. The second-order valence-electron chi connectivity index (χ2n) is 4.35. The van der Waals surface area contributed by atoms with Gasteiger partial charge in [-0.15, -0.1) is 0 Å². The summed E-state index contributed by atoms with van der Waals surface area (Å²) in [6, 6.07) is 8.58. The van der Waals surface area contributed by atoms with Crippen LogP contribution in [0.3, 0.4) is 0 Å². The molecule has 86 valence electrons. The van der Waals surface area contributed by atoms with E-state index in [4.69, 9.17) is 0 Å². The number of carbonyl (C=O) groups is 1. The molecule has 1 aromatic carbocycles. The zero-order valence-electron chi connectivity index (χ0n) is 9.86. The molecule has 3 heteroatoms. The highest BCUT2D eigenvalue weighted by molar-refractivity contribution is 5.74. The molecule has 1 aliphatic heterocycles. The molecule has 0 aromatic heterocycles. The van der Waals surface area contributed by atoms with E-state index in [1.54, 1.807) is 6.92 Å². The van der Waals surface area contributed by atoms with Gasteiger partial charge in [-0.25, -0.2) is 0 Å². The average Bonchev–Trinajstić information content (AvgIpc) is 2.29. The highest BCUT2D eigenvalue weighted by atomic mass is 16.2. The molecule has 0 aliphatic carbocycles. The zero-order chi connectivity index (χ0) is 11.5. The van der Waals surface area contributed by atoms with Gasteiger partial charge >= 0.3 is 0 Å².